The second-order valence-corrected chi connectivity index (χ2v) is 5.57. The number of carbonyl (C=O) groups excluding carboxylic acids is 1. The van der Waals surface area contributed by atoms with Crippen molar-refractivity contribution in [2.24, 2.45) is 0 Å². The van der Waals surface area contributed by atoms with Crippen molar-refractivity contribution in [1.29, 1.82) is 0 Å². The molecule has 0 bridgehead atoms. The van der Waals surface area contributed by atoms with Gasteiger partial charge in [-0.2, -0.15) is 0 Å². The van der Waals surface area contributed by atoms with Gasteiger partial charge in [0.05, 0.1) is 6.04 Å². The minimum absolute atomic E-state index is 0.0875. The predicted octanol–water partition coefficient (Wildman–Crippen LogP) is 1.63. The highest BCUT2D eigenvalue weighted by Gasteiger charge is 2.14. The van der Waals surface area contributed by atoms with Crippen molar-refractivity contribution >= 4 is 5.91 Å². The Morgan fingerprint density at radius 3 is 2.52 bits per heavy atom. The van der Waals surface area contributed by atoms with E-state index in [2.05, 4.69) is 4.98 Å². The molecule has 0 saturated carbocycles. The molecular formula is C17H21N3O3. The van der Waals surface area contributed by atoms with Gasteiger partial charge < -0.3 is 14.2 Å². The lowest BCUT2D eigenvalue weighted by atomic mass is 10.1. The van der Waals surface area contributed by atoms with E-state index < -0.39 is 0 Å². The fourth-order valence-corrected chi connectivity index (χ4v) is 2.33. The molecule has 0 radical (unpaired) electrons. The van der Waals surface area contributed by atoms with E-state index in [0.717, 1.165) is 11.3 Å². The molecule has 2 heterocycles. The first-order valence-electron chi connectivity index (χ1n) is 7.36. The third-order valence-electron chi connectivity index (χ3n) is 3.67. The van der Waals surface area contributed by atoms with Gasteiger partial charge in [0.15, 0.2) is 6.61 Å². The van der Waals surface area contributed by atoms with Gasteiger partial charge in [-0.1, -0.05) is 0 Å². The molecule has 6 nitrogen and oxygen atoms in total. The molecule has 2 rings (SSSR count). The van der Waals surface area contributed by atoms with Crippen molar-refractivity contribution in [3.63, 3.8) is 0 Å². The zero-order valence-corrected chi connectivity index (χ0v) is 13.8. The van der Waals surface area contributed by atoms with Gasteiger partial charge in [0, 0.05) is 38.2 Å². The molecule has 0 aromatic carbocycles. The van der Waals surface area contributed by atoms with E-state index in [1.54, 1.807) is 37.1 Å². The van der Waals surface area contributed by atoms with Crippen molar-refractivity contribution in [2.75, 3.05) is 20.7 Å². The van der Waals surface area contributed by atoms with Crippen molar-refractivity contribution in [2.45, 2.75) is 19.9 Å². The van der Waals surface area contributed by atoms with Gasteiger partial charge in [0.25, 0.3) is 11.5 Å². The average Bonchev–Trinajstić information content (AvgIpc) is 2.52. The number of rotatable bonds is 5. The second kappa shape index (κ2) is 7.09. The van der Waals surface area contributed by atoms with Gasteiger partial charge in [-0.25, -0.2) is 0 Å². The Labute approximate surface area is 135 Å². The first-order chi connectivity index (χ1) is 10.9. The summed E-state index contributed by atoms with van der Waals surface area (Å²) in [6.45, 7) is 3.72. The molecule has 1 unspecified atom stereocenters. The van der Waals surface area contributed by atoms with Crippen LogP contribution in [-0.4, -0.2) is 41.1 Å². The van der Waals surface area contributed by atoms with Crippen LogP contribution in [0.1, 0.15) is 24.2 Å². The van der Waals surface area contributed by atoms with Crippen LogP contribution in [0.25, 0.3) is 0 Å². The number of hydrogen-bond donors (Lipinski definition) is 0. The van der Waals surface area contributed by atoms with Crippen LogP contribution in [0.2, 0.25) is 0 Å². The summed E-state index contributed by atoms with van der Waals surface area (Å²) in [5.74, 6) is 0.248. The highest BCUT2D eigenvalue weighted by atomic mass is 16.5. The molecule has 2 aromatic heterocycles. The Kier molecular flexibility index (Phi) is 5.16. The number of likely N-dealkylation sites (N-methyl/N-ethyl adjacent to an activating group) is 1. The summed E-state index contributed by atoms with van der Waals surface area (Å²) >= 11 is 0. The maximum atomic E-state index is 12.4. The molecule has 0 spiro atoms. The number of amides is 1. The summed E-state index contributed by atoms with van der Waals surface area (Å²) in [5, 5.41) is 0. The number of ether oxygens (including phenoxy) is 1. The van der Waals surface area contributed by atoms with E-state index in [4.69, 9.17) is 4.74 Å². The zero-order valence-electron chi connectivity index (χ0n) is 13.8. The molecule has 0 aliphatic rings. The Balaban J connectivity index is 2.24. The zero-order chi connectivity index (χ0) is 17.0. The van der Waals surface area contributed by atoms with E-state index in [1.165, 1.54) is 11.0 Å². The van der Waals surface area contributed by atoms with Crippen LogP contribution in [-0.2, 0) is 4.79 Å². The highest BCUT2D eigenvalue weighted by Crippen LogP contribution is 2.19. The van der Waals surface area contributed by atoms with Crippen molar-refractivity contribution < 1.29 is 9.53 Å². The normalized spacial score (nSPS) is 11.8. The van der Waals surface area contributed by atoms with Gasteiger partial charge in [0.2, 0.25) is 0 Å². The quantitative estimate of drug-likeness (QED) is 0.841. The SMILES string of the molecule is Cc1cc(OCC(=O)N(C)C)cc(=O)n1C(C)c1ccncc1. The largest absolute Gasteiger partial charge is 0.484 e. The molecular weight excluding hydrogens is 294 g/mol. The van der Waals surface area contributed by atoms with Crippen molar-refractivity contribution in [3.05, 3.63) is 58.3 Å². The van der Waals surface area contributed by atoms with Crippen LogP contribution in [0.4, 0.5) is 0 Å². The van der Waals surface area contributed by atoms with Crippen molar-refractivity contribution in [3.8, 4) is 5.75 Å². The number of nitrogens with zero attached hydrogens (tertiary/aromatic N) is 3. The molecule has 122 valence electrons. The molecule has 0 N–H and O–H groups in total. The standard InChI is InChI=1S/C17H21N3O3/c1-12-9-15(23-11-17(22)19(3)4)10-16(21)20(12)13(2)14-5-7-18-8-6-14/h5-10,13H,11H2,1-4H3. The first-order valence-corrected chi connectivity index (χ1v) is 7.36. The molecule has 0 fully saturated rings. The maximum Gasteiger partial charge on any atom is 0.259 e. The summed E-state index contributed by atoms with van der Waals surface area (Å²) in [6, 6.07) is 6.84. The van der Waals surface area contributed by atoms with Gasteiger partial charge in [0.1, 0.15) is 5.75 Å². The van der Waals surface area contributed by atoms with Crippen LogP contribution >= 0.6 is 0 Å². The molecule has 2 aromatic rings. The summed E-state index contributed by atoms with van der Waals surface area (Å²) in [7, 11) is 3.32. The lowest BCUT2D eigenvalue weighted by molar-refractivity contribution is -0.130. The minimum Gasteiger partial charge on any atom is -0.484 e. The lowest BCUT2D eigenvalue weighted by Crippen LogP contribution is -2.29. The molecule has 1 amide bonds. The Morgan fingerprint density at radius 1 is 1.30 bits per heavy atom. The number of hydrogen-bond acceptors (Lipinski definition) is 4. The lowest BCUT2D eigenvalue weighted by Gasteiger charge is -2.19. The Hall–Kier alpha value is -2.63. The van der Waals surface area contributed by atoms with Crippen LogP contribution in [0.3, 0.4) is 0 Å². The van der Waals surface area contributed by atoms with Crippen LogP contribution in [0.5, 0.6) is 5.75 Å². The smallest absolute Gasteiger partial charge is 0.259 e. The second-order valence-electron chi connectivity index (χ2n) is 5.57. The molecule has 23 heavy (non-hydrogen) atoms. The van der Waals surface area contributed by atoms with Gasteiger partial charge >= 0.3 is 0 Å². The maximum absolute atomic E-state index is 12.4. The summed E-state index contributed by atoms with van der Waals surface area (Å²) in [4.78, 5) is 29.4. The van der Waals surface area contributed by atoms with Gasteiger partial charge in [-0.3, -0.25) is 14.6 Å². The van der Waals surface area contributed by atoms with E-state index in [-0.39, 0.29) is 24.1 Å². The van der Waals surface area contributed by atoms with E-state index in [1.807, 2.05) is 26.0 Å². The number of pyridine rings is 2. The number of aromatic nitrogens is 2. The van der Waals surface area contributed by atoms with E-state index in [9.17, 15) is 9.59 Å². The Bertz CT molecular complexity index is 738. The van der Waals surface area contributed by atoms with Crippen LogP contribution in [0.15, 0.2) is 41.5 Å². The summed E-state index contributed by atoms with van der Waals surface area (Å²) in [6.07, 6.45) is 3.41. The molecule has 0 aliphatic heterocycles. The topological polar surface area (TPSA) is 64.4 Å². The average molecular weight is 315 g/mol. The molecule has 1 atom stereocenters. The third kappa shape index (κ3) is 3.97. The highest BCUT2D eigenvalue weighted by molar-refractivity contribution is 5.77. The van der Waals surface area contributed by atoms with Crippen LogP contribution < -0.4 is 10.3 Å². The molecule has 0 saturated heterocycles. The Morgan fingerprint density at radius 2 is 1.96 bits per heavy atom. The van der Waals surface area contributed by atoms with E-state index >= 15 is 0 Å². The molecule has 0 aliphatic carbocycles. The summed E-state index contributed by atoms with van der Waals surface area (Å²) < 4.78 is 7.11. The monoisotopic (exact) mass is 315 g/mol. The third-order valence-corrected chi connectivity index (χ3v) is 3.67. The predicted molar refractivity (Wildman–Crippen MR) is 87.7 cm³/mol. The number of carbonyl (C=O) groups is 1. The van der Waals surface area contributed by atoms with E-state index in [0.29, 0.717) is 5.75 Å². The minimum atomic E-state index is -0.165. The fourth-order valence-electron chi connectivity index (χ4n) is 2.33. The van der Waals surface area contributed by atoms with Gasteiger partial charge in [-0.15, -0.1) is 0 Å². The van der Waals surface area contributed by atoms with Crippen molar-refractivity contribution in [1.82, 2.24) is 14.5 Å². The van der Waals surface area contributed by atoms with Crippen LogP contribution in [0, 0.1) is 6.92 Å². The fraction of sp³-hybridized carbons (Fsp3) is 0.353. The summed E-state index contributed by atoms with van der Waals surface area (Å²) in [5.41, 5.74) is 1.61. The number of aryl methyl sites for hydroxylation is 1. The molecule has 6 heteroatoms. The van der Waals surface area contributed by atoms with Gasteiger partial charge in [-0.05, 0) is 37.6 Å². The first kappa shape index (κ1) is 16.7.